The van der Waals surface area contributed by atoms with Gasteiger partial charge in [0.15, 0.2) is 0 Å². The van der Waals surface area contributed by atoms with Crippen molar-refractivity contribution in [1.29, 1.82) is 0 Å². The van der Waals surface area contributed by atoms with E-state index in [0.29, 0.717) is 12.3 Å². The third-order valence-electron chi connectivity index (χ3n) is 3.70. The summed E-state index contributed by atoms with van der Waals surface area (Å²) in [7, 11) is 0. The van der Waals surface area contributed by atoms with Crippen molar-refractivity contribution in [3.05, 3.63) is 0 Å². The van der Waals surface area contributed by atoms with Crippen molar-refractivity contribution in [3.63, 3.8) is 0 Å². The van der Waals surface area contributed by atoms with Gasteiger partial charge in [-0.2, -0.15) is 0 Å². The molecule has 0 bridgehead atoms. The Bertz CT molecular complexity index is 218. The lowest BCUT2D eigenvalue weighted by Gasteiger charge is -2.32. The van der Waals surface area contributed by atoms with Gasteiger partial charge in [0.25, 0.3) is 0 Å². The molecule has 1 saturated heterocycles. The number of hydrogen-bond acceptors (Lipinski definition) is 2. The highest BCUT2D eigenvalue weighted by Gasteiger charge is 2.19. The van der Waals surface area contributed by atoms with Gasteiger partial charge in [0.05, 0.1) is 0 Å². The Morgan fingerprint density at radius 3 is 2.88 bits per heavy atom. The molecule has 0 aliphatic carbocycles. The molecule has 3 heteroatoms. The Morgan fingerprint density at radius 1 is 1.35 bits per heavy atom. The number of hydrogen-bond donors (Lipinski definition) is 1. The van der Waals surface area contributed by atoms with Crippen LogP contribution >= 0.6 is 0 Å². The molecule has 0 amide bonds. The maximum atomic E-state index is 10.6. The predicted octanol–water partition coefficient (Wildman–Crippen LogP) is 3.14. The van der Waals surface area contributed by atoms with Crippen molar-refractivity contribution >= 4 is 5.97 Å². The Labute approximate surface area is 105 Å². The maximum Gasteiger partial charge on any atom is 0.303 e. The van der Waals surface area contributed by atoms with E-state index >= 15 is 0 Å². The zero-order valence-corrected chi connectivity index (χ0v) is 11.2. The number of unbranched alkanes of at least 4 members (excludes halogenated alkanes) is 3. The summed E-state index contributed by atoms with van der Waals surface area (Å²) in [6, 6.07) is 0. The van der Waals surface area contributed by atoms with E-state index in [9.17, 15) is 4.79 Å². The third-order valence-corrected chi connectivity index (χ3v) is 3.70. The van der Waals surface area contributed by atoms with Crippen molar-refractivity contribution < 1.29 is 9.90 Å². The lowest BCUT2D eigenvalue weighted by Crippen LogP contribution is -2.36. The van der Waals surface area contributed by atoms with Gasteiger partial charge in [-0.05, 0) is 44.7 Å². The van der Waals surface area contributed by atoms with Gasteiger partial charge in [-0.3, -0.25) is 4.79 Å². The van der Waals surface area contributed by atoms with Crippen LogP contribution in [0, 0.1) is 5.92 Å². The average molecular weight is 241 g/mol. The first-order chi connectivity index (χ1) is 8.22. The fraction of sp³-hybridized carbons (Fsp3) is 0.929. The fourth-order valence-electron chi connectivity index (χ4n) is 2.68. The van der Waals surface area contributed by atoms with Gasteiger partial charge >= 0.3 is 5.97 Å². The minimum atomic E-state index is -0.648. The number of rotatable bonds is 8. The van der Waals surface area contributed by atoms with E-state index in [2.05, 4.69) is 11.8 Å². The van der Waals surface area contributed by atoms with Crippen LogP contribution in [-0.4, -0.2) is 35.6 Å². The number of likely N-dealkylation sites (tertiary alicyclic amines) is 1. The Kier molecular flexibility index (Phi) is 7.25. The van der Waals surface area contributed by atoms with Crippen LogP contribution < -0.4 is 0 Å². The normalized spacial score (nSPS) is 21.6. The van der Waals surface area contributed by atoms with Crippen LogP contribution in [0.1, 0.15) is 58.3 Å². The summed E-state index contributed by atoms with van der Waals surface area (Å²) in [6.45, 7) is 5.79. The molecule has 0 aromatic rings. The molecule has 1 aliphatic rings. The summed E-state index contributed by atoms with van der Waals surface area (Å²) in [5.41, 5.74) is 0. The van der Waals surface area contributed by atoms with Crippen LogP contribution in [0.4, 0.5) is 0 Å². The van der Waals surface area contributed by atoms with E-state index in [1.807, 2.05) is 0 Å². The summed E-state index contributed by atoms with van der Waals surface area (Å²) in [4.78, 5) is 13.1. The molecule has 1 rings (SSSR count). The maximum absolute atomic E-state index is 10.6. The summed E-state index contributed by atoms with van der Waals surface area (Å²) in [5, 5.41) is 8.70. The summed E-state index contributed by atoms with van der Waals surface area (Å²) < 4.78 is 0. The summed E-state index contributed by atoms with van der Waals surface area (Å²) in [6.07, 6.45) is 8.95. The first kappa shape index (κ1) is 14.5. The second-order valence-electron chi connectivity index (χ2n) is 5.30. The highest BCUT2D eigenvalue weighted by atomic mass is 16.4. The lowest BCUT2D eigenvalue weighted by atomic mass is 9.93. The van der Waals surface area contributed by atoms with E-state index in [1.165, 1.54) is 51.6 Å². The first-order valence-electron chi connectivity index (χ1n) is 7.16. The van der Waals surface area contributed by atoms with E-state index in [0.717, 1.165) is 13.0 Å². The van der Waals surface area contributed by atoms with Crippen molar-refractivity contribution in [2.45, 2.75) is 58.3 Å². The molecule has 1 aliphatic heterocycles. The topological polar surface area (TPSA) is 40.5 Å². The summed E-state index contributed by atoms with van der Waals surface area (Å²) in [5.74, 6) is -0.0314. The number of nitrogens with zero attached hydrogens (tertiary/aromatic N) is 1. The highest BCUT2D eigenvalue weighted by molar-refractivity contribution is 5.66. The van der Waals surface area contributed by atoms with Gasteiger partial charge in [0.1, 0.15) is 0 Å². The van der Waals surface area contributed by atoms with Crippen molar-refractivity contribution in [1.82, 2.24) is 4.90 Å². The molecule has 100 valence electrons. The van der Waals surface area contributed by atoms with Gasteiger partial charge < -0.3 is 10.0 Å². The quantitative estimate of drug-likeness (QED) is 0.664. The molecule has 1 heterocycles. The minimum Gasteiger partial charge on any atom is -0.481 e. The van der Waals surface area contributed by atoms with Crippen molar-refractivity contribution in [2.75, 3.05) is 19.6 Å². The van der Waals surface area contributed by atoms with Crippen LogP contribution in [0.5, 0.6) is 0 Å². The van der Waals surface area contributed by atoms with Crippen LogP contribution in [0.25, 0.3) is 0 Å². The smallest absolute Gasteiger partial charge is 0.303 e. The van der Waals surface area contributed by atoms with E-state index in [-0.39, 0.29) is 0 Å². The van der Waals surface area contributed by atoms with Gasteiger partial charge in [0.2, 0.25) is 0 Å². The molecule has 1 fully saturated rings. The Balaban J connectivity index is 2.12. The average Bonchev–Trinajstić information content (AvgIpc) is 2.33. The molecular weight excluding hydrogens is 214 g/mol. The van der Waals surface area contributed by atoms with Crippen LogP contribution in [0.15, 0.2) is 0 Å². The number of aliphatic carboxylic acids is 1. The molecule has 1 unspecified atom stereocenters. The number of carboxylic acid groups (broad SMARTS) is 1. The standard InChI is InChI=1S/C14H27NO2/c1-2-3-4-5-10-15-11-6-7-13(12-15)8-9-14(16)17/h13H,2-12H2,1H3,(H,16,17). The first-order valence-corrected chi connectivity index (χ1v) is 7.16. The largest absolute Gasteiger partial charge is 0.481 e. The second-order valence-corrected chi connectivity index (χ2v) is 5.30. The second kappa shape index (κ2) is 8.51. The molecule has 0 radical (unpaired) electrons. The number of carboxylic acids is 1. The summed E-state index contributed by atoms with van der Waals surface area (Å²) >= 11 is 0. The Hall–Kier alpha value is -0.570. The molecule has 0 spiro atoms. The molecule has 17 heavy (non-hydrogen) atoms. The van der Waals surface area contributed by atoms with Gasteiger partial charge in [-0.1, -0.05) is 26.2 Å². The molecule has 0 aromatic carbocycles. The van der Waals surface area contributed by atoms with E-state index in [1.54, 1.807) is 0 Å². The van der Waals surface area contributed by atoms with Gasteiger partial charge in [0, 0.05) is 13.0 Å². The number of carbonyl (C=O) groups is 1. The van der Waals surface area contributed by atoms with Gasteiger partial charge in [-0.25, -0.2) is 0 Å². The molecule has 1 N–H and O–H groups in total. The zero-order chi connectivity index (χ0) is 12.5. The zero-order valence-electron chi connectivity index (χ0n) is 11.2. The lowest BCUT2D eigenvalue weighted by molar-refractivity contribution is -0.137. The molecule has 1 atom stereocenters. The SMILES string of the molecule is CCCCCCN1CCCC(CCC(=O)O)C1. The Morgan fingerprint density at radius 2 is 2.18 bits per heavy atom. The third kappa shape index (κ3) is 6.67. The van der Waals surface area contributed by atoms with E-state index < -0.39 is 5.97 Å². The van der Waals surface area contributed by atoms with E-state index in [4.69, 9.17) is 5.11 Å². The molecule has 3 nitrogen and oxygen atoms in total. The van der Waals surface area contributed by atoms with Crippen LogP contribution in [0.3, 0.4) is 0 Å². The monoisotopic (exact) mass is 241 g/mol. The molecular formula is C14H27NO2. The van der Waals surface area contributed by atoms with Gasteiger partial charge in [-0.15, -0.1) is 0 Å². The molecule has 0 saturated carbocycles. The number of piperidine rings is 1. The highest BCUT2D eigenvalue weighted by Crippen LogP contribution is 2.21. The van der Waals surface area contributed by atoms with Crippen LogP contribution in [0.2, 0.25) is 0 Å². The predicted molar refractivity (Wildman–Crippen MR) is 70.2 cm³/mol. The minimum absolute atomic E-state index is 0.342. The van der Waals surface area contributed by atoms with Crippen molar-refractivity contribution in [2.24, 2.45) is 5.92 Å². The fourth-order valence-corrected chi connectivity index (χ4v) is 2.68. The van der Waals surface area contributed by atoms with Crippen LogP contribution in [-0.2, 0) is 4.79 Å². The molecule has 0 aromatic heterocycles. The van der Waals surface area contributed by atoms with Crippen molar-refractivity contribution in [3.8, 4) is 0 Å².